The van der Waals surface area contributed by atoms with Crippen LogP contribution >= 0.6 is 0 Å². The Balaban J connectivity index is 1.23. The van der Waals surface area contributed by atoms with Crippen LogP contribution in [0, 0.1) is 5.92 Å². The molecule has 4 fully saturated rings. The fourth-order valence-electron chi connectivity index (χ4n) is 5.63. The molecule has 0 spiro atoms. The second-order valence-electron chi connectivity index (χ2n) is 9.58. The van der Waals surface area contributed by atoms with E-state index in [2.05, 4.69) is 15.8 Å². The molecule has 4 atom stereocenters. The summed E-state index contributed by atoms with van der Waals surface area (Å²) in [6.07, 6.45) is 7.15. The molecule has 1 aliphatic carbocycles. The summed E-state index contributed by atoms with van der Waals surface area (Å²) in [6.45, 7) is 3.69. The minimum absolute atomic E-state index is 0.0115. The third kappa shape index (κ3) is 3.80. The van der Waals surface area contributed by atoms with Crippen molar-refractivity contribution < 1.29 is 17.7 Å². The summed E-state index contributed by atoms with van der Waals surface area (Å²) in [5, 5.41) is 9.99. The molecular formula is C21H32N4O4S. The van der Waals surface area contributed by atoms with Crippen molar-refractivity contribution in [3.63, 3.8) is 0 Å². The minimum Gasteiger partial charge on any atom is -0.360 e. The number of sulfonamides is 1. The van der Waals surface area contributed by atoms with Crippen LogP contribution in [0.25, 0.3) is 0 Å². The van der Waals surface area contributed by atoms with Crippen LogP contribution in [0.15, 0.2) is 10.6 Å². The predicted molar refractivity (Wildman–Crippen MR) is 112 cm³/mol. The van der Waals surface area contributed by atoms with Gasteiger partial charge in [-0.1, -0.05) is 5.16 Å². The molecule has 30 heavy (non-hydrogen) atoms. The van der Waals surface area contributed by atoms with Gasteiger partial charge in [-0.25, -0.2) is 8.42 Å². The smallest absolute Gasteiger partial charge is 0.273 e. The molecule has 2 N–H and O–H groups in total. The third-order valence-electron chi connectivity index (χ3n) is 7.55. The van der Waals surface area contributed by atoms with E-state index in [1.165, 1.54) is 0 Å². The van der Waals surface area contributed by atoms with Crippen LogP contribution < -0.4 is 10.6 Å². The zero-order valence-electron chi connectivity index (χ0n) is 17.5. The van der Waals surface area contributed by atoms with Gasteiger partial charge in [-0.3, -0.25) is 4.79 Å². The molecule has 8 nitrogen and oxygen atoms in total. The summed E-state index contributed by atoms with van der Waals surface area (Å²) >= 11 is 0. The summed E-state index contributed by atoms with van der Waals surface area (Å²) in [5.41, 5.74) is 0.332. The Morgan fingerprint density at radius 1 is 1.17 bits per heavy atom. The Bertz CT molecular complexity index is 877. The minimum atomic E-state index is -3.34. The summed E-state index contributed by atoms with van der Waals surface area (Å²) in [6, 6.07) is 1.71. The topological polar surface area (TPSA) is 105 Å². The predicted octanol–water partition coefficient (Wildman–Crippen LogP) is 2.00. The fourth-order valence-corrected chi connectivity index (χ4v) is 7.99. The quantitative estimate of drug-likeness (QED) is 0.707. The molecule has 1 aromatic rings. The van der Waals surface area contributed by atoms with Crippen molar-refractivity contribution in [2.75, 3.05) is 13.1 Å². The lowest BCUT2D eigenvalue weighted by Crippen LogP contribution is -2.55. The van der Waals surface area contributed by atoms with Crippen molar-refractivity contribution in [2.45, 2.75) is 87.6 Å². The number of piperidine rings is 2. The average molecular weight is 437 g/mol. The molecule has 4 aliphatic rings. The zero-order valence-corrected chi connectivity index (χ0v) is 18.4. The Hall–Kier alpha value is -1.45. The highest BCUT2D eigenvalue weighted by molar-refractivity contribution is 7.89. The highest BCUT2D eigenvalue weighted by atomic mass is 32.2. The van der Waals surface area contributed by atoms with Crippen molar-refractivity contribution in [1.29, 1.82) is 0 Å². The Morgan fingerprint density at radius 2 is 1.83 bits per heavy atom. The number of aromatic nitrogens is 1. The number of nitrogens with zero attached hydrogens (tertiary/aromatic N) is 2. The van der Waals surface area contributed by atoms with Crippen LogP contribution in [0.2, 0.25) is 0 Å². The van der Waals surface area contributed by atoms with E-state index in [4.69, 9.17) is 4.52 Å². The lowest BCUT2D eigenvalue weighted by molar-refractivity contribution is 0.0899. The normalized spacial score (nSPS) is 31.6. The number of hydrogen-bond donors (Lipinski definition) is 2. The number of amides is 1. The number of rotatable bonds is 6. The van der Waals surface area contributed by atoms with Crippen LogP contribution in [-0.2, 0) is 10.0 Å². The highest BCUT2D eigenvalue weighted by Gasteiger charge is 2.49. The zero-order chi connectivity index (χ0) is 20.9. The first-order valence-corrected chi connectivity index (χ1v) is 12.9. The molecule has 4 heterocycles. The van der Waals surface area contributed by atoms with Gasteiger partial charge in [0.2, 0.25) is 10.0 Å². The maximum Gasteiger partial charge on any atom is 0.273 e. The Labute approximate surface area is 178 Å². The number of fused-ring (bicyclic) bond motifs is 2. The summed E-state index contributed by atoms with van der Waals surface area (Å²) < 4.78 is 34.0. The first kappa shape index (κ1) is 20.5. The van der Waals surface area contributed by atoms with E-state index >= 15 is 0 Å². The second kappa shape index (κ2) is 7.91. The third-order valence-corrected chi connectivity index (χ3v) is 10.1. The summed E-state index contributed by atoms with van der Waals surface area (Å²) in [7, 11) is -3.34. The molecule has 5 rings (SSSR count). The number of nitrogens with one attached hydrogen (secondary N) is 2. The molecule has 1 saturated carbocycles. The Morgan fingerprint density at radius 3 is 2.47 bits per heavy atom. The van der Waals surface area contributed by atoms with E-state index in [9.17, 15) is 13.2 Å². The first-order chi connectivity index (χ1) is 14.4. The van der Waals surface area contributed by atoms with Crippen LogP contribution in [0.3, 0.4) is 0 Å². The van der Waals surface area contributed by atoms with Crippen molar-refractivity contribution >= 4 is 15.9 Å². The average Bonchev–Trinajstić information content (AvgIpc) is 3.40. The van der Waals surface area contributed by atoms with Crippen LogP contribution in [0.1, 0.15) is 80.5 Å². The molecule has 0 radical (unpaired) electrons. The number of carbonyl (C=O) groups is 1. The van der Waals surface area contributed by atoms with Gasteiger partial charge in [0.15, 0.2) is 5.69 Å². The van der Waals surface area contributed by atoms with Crippen molar-refractivity contribution in [2.24, 2.45) is 5.92 Å². The molecule has 0 aromatic carbocycles. The maximum atomic E-state index is 13.5. The molecule has 3 aliphatic heterocycles. The van der Waals surface area contributed by atoms with E-state index in [0.29, 0.717) is 24.5 Å². The SMILES string of the molecule is C[C@@H](C1CCNCC1)S(=O)(=O)N1[C@@H]2CC[C@H]1C[C@@H](NC(=O)c1cc(C3CC3)on1)C2. The van der Waals surface area contributed by atoms with E-state index in [1.807, 2.05) is 11.2 Å². The van der Waals surface area contributed by atoms with E-state index in [1.54, 1.807) is 6.07 Å². The van der Waals surface area contributed by atoms with Gasteiger partial charge in [0, 0.05) is 30.1 Å². The second-order valence-corrected chi connectivity index (χ2v) is 11.8. The van der Waals surface area contributed by atoms with Crippen molar-refractivity contribution in [3.05, 3.63) is 17.5 Å². The summed E-state index contributed by atoms with van der Waals surface area (Å²) in [5.74, 6) is 1.23. The van der Waals surface area contributed by atoms with Gasteiger partial charge in [-0.15, -0.1) is 0 Å². The van der Waals surface area contributed by atoms with Gasteiger partial charge in [-0.2, -0.15) is 4.31 Å². The molecule has 1 amide bonds. The van der Waals surface area contributed by atoms with Gasteiger partial charge >= 0.3 is 0 Å². The number of hydrogen-bond acceptors (Lipinski definition) is 6. The standard InChI is InChI=1S/C21H32N4O4S/c1-13(14-6-8-22-9-7-14)30(27,28)25-17-4-5-18(25)11-16(10-17)23-21(26)19-12-20(29-24-19)15-2-3-15/h12-18,22H,2-11H2,1H3,(H,23,26)/t13-,16-,17+,18-/m0/s1. The molecular weight excluding hydrogens is 404 g/mol. The van der Waals surface area contributed by atoms with E-state index in [0.717, 1.165) is 57.4 Å². The summed E-state index contributed by atoms with van der Waals surface area (Å²) in [4.78, 5) is 12.6. The van der Waals surface area contributed by atoms with E-state index in [-0.39, 0.29) is 35.2 Å². The molecule has 2 bridgehead atoms. The van der Waals surface area contributed by atoms with Gasteiger partial charge in [0.1, 0.15) is 5.76 Å². The van der Waals surface area contributed by atoms with Crippen LogP contribution in [-0.4, -0.2) is 60.3 Å². The van der Waals surface area contributed by atoms with Crippen LogP contribution in [0.4, 0.5) is 0 Å². The van der Waals surface area contributed by atoms with Crippen LogP contribution in [0.5, 0.6) is 0 Å². The first-order valence-electron chi connectivity index (χ1n) is 11.4. The molecule has 166 valence electrons. The monoisotopic (exact) mass is 436 g/mol. The largest absolute Gasteiger partial charge is 0.360 e. The van der Waals surface area contributed by atoms with Gasteiger partial charge in [-0.05, 0) is 77.3 Å². The van der Waals surface area contributed by atoms with Crippen molar-refractivity contribution in [1.82, 2.24) is 20.1 Å². The highest BCUT2D eigenvalue weighted by Crippen LogP contribution is 2.41. The lowest BCUT2D eigenvalue weighted by Gasteiger charge is -2.41. The van der Waals surface area contributed by atoms with Crippen molar-refractivity contribution in [3.8, 4) is 0 Å². The molecule has 9 heteroatoms. The Kier molecular flexibility index (Phi) is 5.39. The maximum absolute atomic E-state index is 13.5. The van der Waals surface area contributed by atoms with Gasteiger partial charge in [0.05, 0.1) is 5.25 Å². The lowest BCUT2D eigenvalue weighted by atomic mass is 9.95. The van der Waals surface area contributed by atoms with E-state index < -0.39 is 10.0 Å². The molecule has 3 saturated heterocycles. The molecule has 0 unspecified atom stereocenters. The van der Waals surface area contributed by atoms with Gasteiger partial charge in [0.25, 0.3) is 5.91 Å². The fraction of sp³-hybridized carbons (Fsp3) is 0.810. The number of carbonyl (C=O) groups excluding carboxylic acids is 1. The van der Waals surface area contributed by atoms with Gasteiger partial charge < -0.3 is 15.2 Å². The molecule has 1 aromatic heterocycles.